The highest BCUT2D eigenvalue weighted by Crippen LogP contribution is 2.28. The van der Waals surface area contributed by atoms with Gasteiger partial charge in [0.15, 0.2) is 0 Å². The molecule has 2 aromatic heterocycles. The molecular formula is C12H16ClN3S. The monoisotopic (exact) mass is 269 g/mol. The van der Waals surface area contributed by atoms with E-state index in [-0.39, 0.29) is 6.04 Å². The number of halogens is 1. The maximum Gasteiger partial charge on any atom is 0.110 e. The summed E-state index contributed by atoms with van der Waals surface area (Å²) in [7, 11) is 0. The fourth-order valence-corrected chi connectivity index (χ4v) is 3.03. The Kier molecular flexibility index (Phi) is 4.20. The van der Waals surface area contributed by atoms with Crippen LogP contribution in [0.1, 0.15) is 30.1 Å². The number of imidazole rings is 1. The molecule has 0 spiro atoms. The van der Waals surface area contributed by atoms with Crippen LogP contribution in [0, 0.1) is 0 Å². The Morgan fingerprint density at radius 2 is 2.41 bits per heavy atom. The molecule has 0 bridgehead atoms. The van der Waals surface area contributed by atoms with Crippen molar-refractivity contribution in [3.8, 4) is 0 Å². The minimum Gasteiger partial charge on any atom is -0.335 e. The Labute approximate surface area is 110 Å². The largest absolute Gasteiger partial charge is 0.335 e. The van der Waals surface area contributed by atoms with Gasteiger partial charge in [-0.2, -0.15) is 0 Å². The summed E-state index contributed by atoms with van der Waals surface area (Å²) in [5.41, 5.74) is 6.17. The molecule has 2 N–H and O–H groups in total. The third-order valence-electron chi connectivity index (χ3n) is 2.65. The minimum atomic E-state index is -0.0690. The Morgan fingerprint density at radius 3 is 3.06 bits per heavy atom. The zero-order valence-corrected chi connectivity index (χ0v) is 11.3. The highest BCUT2D eigenvalue weighted by Gasteiger charge is 2.14. The molecule has 1 unspecified atom stereocenters. The van der Waals surface area contributed by atoms with Crippen molar-refractivity contribution in [2.45, 2.75) is 32.4 Å². The summed E-state index contributed by atoms with van der Waals surface area (Å²) in [5, 5.41) is 2.73. The number of aromatic nitrogens is 2. The molecule has 0 aliphatic heterocycles. The predicted octanol–water partition coefficient (Wildman–Crippen LogP) is 3.25. The lowest BCUT2D eigenvalue weighted by atomic mass is 10.2. The third-order valence-corrected chi connectivity index (χ3v) is 4.14. The van der Waals surface area contributed by atoms with E-state index in [2.05, 4.69) is 16.5 Å². The number of hydrogen-bond donors (Lipinski definition) is 1. The molecule has 0 saturated carbocycles. The van der Waals surface area contributed by atoms with Crippen molar-refractivity contribution in [2.75, 3.05) is 0 Å². The molecule has 0 radical (unpaired) electrons. The van der Waals surface area contributed by atoms with Crippen molar-refractivity contribution in [3.05, 3.63) is 39.6 Å². The van der Waals surface area contributed by atoms with E-state index in [4.69, 9.17) is 17.3 Å². The van der Waals surface area contributed by atoms with Gasteiger partial charge in [0, 0.05) is 36.3 Å². The summed E-state index contributed by atoms with van der Waals surface area (Å²) in [5.74, 6) is 1.03. The molecule has 5 heteroatoms. The van der Waals surface area contributed by atoms with E-state index in [0.29, 0.717) is 0 Å². The first-order valence-corrected chi connectivity index (χ1v) is 6.96. The molecule has 92 valence electrons. The molecule has 0 aromatic carbocycles. The van der Waals surface area contributed by atoms with Gasteiger partial charge in [-0.1, -0.05) is 18.5 Å². The van der Waals surface area contributed by atoms with Gasteiger partial charge < -0.3 is 10.3 Å². The number of aryl methyl sites for hydroxylation is 1. The second kappa shape index (κ2) is 5.67. The summed E-state index contributed by atoms with van der Waals surface area (Å²) >= 11 is 7.68. The van der Waals surface area contributed by atoms with Crippen molar-refractivity contribution in [1.82, 2.24) is 9.55 Å². The fraction of sp³-hybridized carbons (Fsp3) is 0.417. The molecule has 2 heterocycles. The van der Waals surface area contributed by atoms with Gasteiger partial charge in [0.1, 0.15) is 5.82 Å². The number of thiophene rings is 1. The van der Waals surface area contributed by atoms with E-state index in [9.17, 15) is 0 Å². The van der Waals surface area contributed by atoms with Crippen molar-refractivity contribution < 1.29 is 0 Å². The van der Waals surface area contributed by atoms with Crippen molar-refractivity contribution in [3.63, 3.8) is 0 Å². The van der Waals surface area contributed by atoms with Gasteiger partial charge in [-0.3, -0.25) is 0 Å². The SMILES string of the molecule is CCCn1ccnc1CC(N)c1sccc1Cl. The zero-order valence-electron chi connectivity index (χ0n) is 9.77. The van der Waals surface area contributed by atoms with E-state index in [1.165, 1.54) is 0 Å². The Bertz CT molecular complexity index is 478. The number of nitrogens with two attached hydrogens (primary N) is 1. The molecule has 0 fully saturated rings. The molecule has 0 saturated heterocycles. The second-order valence-corrected chi connectivity index (χ2v) is 5.34. The van der Waals surface area contributed by atoms with Crippen LogP contribution < -0.4 is 5.73 Å². The minimum absolute atomic E-state index is 0.0690. The van der Waals surface area contributed by atoms with E-state index in [1.54, 1.807) is 11.3 Å². The van der Waals surface area contributed by atoms with Crippen molar-refractivity contribution >= 4 is 22.9 Å². The number of hydrogen-bond acceptors (Lipinski definition) is 3. The molecular weight excluding hydrogens is 254 g/mol. The molecule has 1 atom stereocenters. The van der Waals surface area contributed by atoms with Crippen molar-refractivity contribution in [2.24, 2.45) is 5.73 Å². The zero-order chi connectivity index (χ0) is 12.3. The highest BCUT2D eigenvalue weighted by molar-refractivity contribution is 7.10. The molecule has 0 aliphatic rings. The molecule has 2 aromatic rings. The summed E-state index contributed by atoms with van der Waals surface area (Å²) in [6.45, 7) is 3.14. The van der Waals surface area contributed by atoms with Gasteiger partial charge in [-0.05, 0) is 17.9 Å². The quantitative estimate of drug-likeness (QED) is 0.906. The van der Waals surface area contributed by atoms with Crippen LogP contribution in [0.15, 0.2) is 23.8 Å². The van der Waals surface area contributed by atoms with Crippen LogP contribution in [-0.4, -0.2) is 9.55 Å². The van der Waals surface area contributed by atoms with E-state index in [0.717, 1.165) is 35.1 Å². The third kappa shape index (κ3) is 2.89. The Morgan fingerprint density at radius 1 is 1.59 bits per heavy atom. The lowest BCUT2D eigenvalue weighted by Gasteiger charge is -2.11. The van der Waals surface area contributed by atoms with Gasteiger partial charge in [0.05, 0.1) is 5.02 Å². The molecule has 2 rings (SSSR count). The highest BCUT2D eigenvalue weighted by atomic mass is 35.5. The van der Waals surface area contributed by atoms with Gasteiger partial charge >= 0.3 is 0 Å². The van der Waals surface area contributed by atoms with E-state index in [1.807, 2.05) is 23.8 Å². The Hall–Kier alpha value is -0.840. The fourth-order valence-electron chi connectivity index (χ4n) is 1.83. The molecule has 3 nitrogen and oxygen atoms in total. The maximum atomic E-state index is 6.17. The van der Waals surface area contributed by atoms with Gasteiger partial charge in [0.25, 0.3) is 0 Å². The summed E-state index contributed by atoms with van der Waals surface area (Å²) in [6, 6.07) is 1.82. The van der Waals surface area contributed by atoms with Crippen molar-refractivity contribution in [1.29, 1.82) is 0 Å². The summed E-state index contributed by atoms with van der Waals surface area (Å²) in [4.78, 5) is 5.40. The van der Waals surface area contributed by atoms with Crippen LogP contribution in [0.2, 0.25) is 5.02 Å². The van der Waals surface area contributed by atoms with Crippen LogP contribution in [0.4, 0.5) is 0 Å². The smallest absolute Gasteiger partial charge is 0.110 e. The van der Waals surface area contributed by atoms with Gasteiger partial charge in [-0.25, -0.2) is 4.98 Å². The first-order valence-electron chi connectivity index (χ1n) is 5.70. The van der Waals surface area contributed by atoms with Crippen LogP contribution >= 0.6 is 22.9 Å². The summed E-state index contributed by atoms with van der Waals surface area (Å²) in [6.07, 6.45) is 5.65. The molecule has 0 aliphatic carbocycles. The maximum absolute atomic E-state index is 6.17. The van der Waals surface area contributed by atoms with Gasteiger partial charge in [-0.15, -0.1) is 11.3 Å². The van der Waals surface area contributed by atoms with E-state index >= 15 is 0 Å². The van der Waals surface area contributed by atoms with E-state index < -0.39 is 0 Å². The lowest BCUT2D eigenvalue weighted by molar-refractivity contribution is 0.602. The number of rotatable bonds is 5. The van der Waals surface area contributed by atoms with Crippen LogP contribution in [0.5, 0.6) is 0 Å². The normalized spacial score (nSPS) is 12.9. The van der Waals surface area contributed by atoms with Gasteiger partial charge in [0.2, 0.25) is 0 Å². The average Bonchev–Trinajstić information content (AvgIpc) is 2.89. The van der Waals surface area contributed by atoms with Crippen LogP contribution in [0.25, 0.3) is 0 Å². The lowest BCUT2D eigenvalue weighted by Crippen LogP contribution is -2.15. The van der Waals surface area contributed by atoms with Crippen LogP contribution in [-0.2, 0) is 13.0 Å². The summed E-state index contributed by atoms with van der Waals surface area (Å²) < 4.78 is 2.15. The average molecular weight is 270 g/mol. The molecule has 17 heavy (non-hydrogen) atoms. The standard InChI is InChI=1S/C12H16ClN3S/c1-2-5-16-6-4-15-11(16)8-10(14)12-9(13)3-7-17-12/h3-4,6-7,10H,2,5,8,14H2,1H3. The number of nitrogens with zero attached hydrogens (tertiary/aromatic N) is 2. The first kappa shape index (κ1) is 12.6. The topological polar surface area (TPSA) is 43.8 Å². The molecule has 0 amide bonds. The second-order valence-electron chi connectivity index (χ2n) is 3.98. The van der Waals surface area contributed by atoms with Crippen LogP contribution in [0.3, 0.4) is 0 Å². The Balaban J connectivity index is 2.10. The first-order chi connectivity index (χ1) is 8.22. The predicted molar refractivity (Wildman–Crippen MR) is 72.5 cm³/mol.